The Bertz CT molecular complexity index is 649. The van der Waals surface area contributed by atoms with E-state index in [2.05, 4.69) is 36.8 Å². The van der Waals surface area contributed by atoms with Crippen molar-refractivity contribution in [2.24, 2.45) is 0 Å². The fraction of sp³-hybridized carbons (Fsp3) is 0.0769. The summed E-state index contributed by atoms with van der Waals surface area (Å²) in [5, 5.41) is 0.238. The first-order chi connectivity index (χ1) is 8.97. The maximum absolute atomic E-state index is 12.9. The van der Waals surface area contributed by atoms with Gasteiger partial charge in [0.25, 0.3) is 0 Å². The van der Waals surface area contributed by atoms with Crippen LogP contribution in [0.5, 0.6) is 0 Å². The second kappa shape index (κ2) is 6.11. The number of hydrogen-bond donors (Lipinski definition) is 0. The number of nitrogens with zero attached hydrogens (tertiary/aromatic N) is 1. The van der Waals surface area contributed by atoms with Gasteiger partial charge in [0.2, 0.25) is 0 Å². The van der Waals surface area contributed by atoms with Crippen LogP contribution in [-0.2, 0) is 6.42 Å². The summed E-state index contributed by atoms with van der Waals surface area (Å²) in [6.07, 6.45) is 1.62. The molecule has 0 aliphatic rings. The van der Waals surface area contributed by atoms with Gasteiger partial charge in [-0.15, -0.1) is 0 Å². The van der Waals surface area contributed by atoms with Gasteiger partial charge in [-0.3, -0.25) is 9.78 Å². The molecule has 0 saturated carbocycles. The fourth-order valence-electron chi connectivity index (χ4n) is 1.54. The minimum atomic E-state index is -0.427. The summed E-state index contributed by atoms with van der Waals surface area (Å²) >= 11 is 12.4. The Morgan fingerprint density at radius 3 is 2.68 bits per heavy atom. The molecule has 0 N–H and O–H groups in total. The number of carbonyl (C=O) groups excluding carboxylic acids is 1. The van der Waals surface area contributed by atoms with Crippen LogP contribution in [0.1, 0.15) is 16.1 Å². The van der Waals surface area contributed by atoms with Crippen molar-refractivity contribution in [1.82, 2.24) is 4.98 Å². The Kier molecular flexibility index (Phi) is 4.71. The van der Waals surface area contributed by atoms with Crippen LogP contribution >= 0.6 is 43.5 Å². The zero-order valence-corrected chi connectivity index (χ0v) is 13.4. The molecule has 2 nitrogen and oxygen atoms in total. The lowest BCUT2D eigenvalue weighted by Crippen LogP contribution is -2.07. The van der Waals surface area contributed by atoms with Gasteiger partial charge < -0.3 is 0 Å². The topological polar surface area (TPSA) is 30.0 Å². The molecule has 19 heavy (non-hydrogen) atoms. The Labute approximate surface area is 131 Å². The molecule has 0 aliphatic carbocycles. The molecule has 0 amide bonds. The molecule has 0 saturated heterocycles. The highest BCUT2D eigenvalue weighted by Gasteiger charge is 2.14. The van der Waals surface area contributed by atoms with Crippen molar-refractivity contribution in [2.75, 3.05) is 0 Å². The Hall–Kier alpha value is -0.780. The molecular formula is C13H7Br2ClFNO. The number of carbonyl (C=O) groups is 1. The van der Waals surface area contributed by atoms with Crippen molar-refractivity contribution < 1.29 is 9.18 Å². The highest BCUT2D eigenvalue weighted by atomic mass is 79.9. The van der Waals surface area contributed by atoms with Crippen LogP contribution in [0.4, 0.5) is 4.39 Å². The summed E-state index contributed by atoms with van der Waals surface area (Å²) in [5.41, 5.74) is 0.897. The average molecular weight is 407 g/mol. The third kappa shape index (κ3) is 3.61. The number of pyridine rings is 1. The second-order valence-electron chi connectivity index (χ2n) is 3.82. The molecular weight excluding hydrogens is 400 g/mol. The quantitative estimate of drug-likeness (QED) is 0.683. The van der Waals surface area contributed by atoms with E-state index in [9.17, 15) is 9.18 Å². The highest BCUT2D eigenvalue weighted by molar-refractivity contribution is 9.11. The molecule has 0 aliphatic heterocycles. The molecule has 2 aromatic rings. The first-order valence-electron chi connectivity index (χ1n) is 5.25. The zero-order chi connectivity index (χ0) is 14.0. The normalized spacial score (nSPS) is 10.5. The van der Waals surface area contributed by atoms with Crippen LogP contribution in [0.2, 0.25) is 5.02 Å². The molecule has 98 valence electrons. The smallest absolute Gasteiger partial charge is 0.186 e. The second-order valence-corrected chi connectivity index (χ2v) is 6.00. The molecule has 0 spiro atoms. The molecule has 0 bridgehead atoms. The molecule has 0 atom stereocenters. The van der Waals surface area contributed by atoms with E-state index >= 15 is 0 Å². The molecule has 0 radical (unpaired) electrons. The lowest BCUT2D eigenvalue weighted by atomic mass is 10.1. The van der Waals surface area contributed by atoms with E-state index in [1.807, 2.05) is 0 Å². The van der Waals surface area contributed by atoms with E-state index in [0.29, 0.717) is 15.7 Å². The lowest BCUT2D eigenvalue weighted by molar-refractivity contribution is 0.0987. The predicted octanol–water partition coefficient (Wildman–Crippen LogP) is 4.82. The molecule has 0 unspecified atom stereocenters. The van der Waals surface area contributed by atoms with E-state index in [-0.39, 0.29) is 17.2 Å². The maximum atomic E-state index is 12.9. The third-order valence-electron chi connectivity index (χ3n) is 2.44. The van der Waals surface area contributed by atoms with Gasteiger partial charge in [-0.1, -0.05) is 17.7 Å². The van der Waals surface area contributed by atoms with Gasteiger partial charge >= 0.3 is 0 Å². The predicted molar refractivity (Wildman–Crippen MR) is 79.1 cm³/mol. The molecule has 6 heteroatoms. The maximum Gasteiger partial charge on any atom is 0.186 e. The van der Waals surface area contributed by atoms with Crippen LogP contribution in [0.15, 0.2) is 39.4 Å². The average Bonchev–Trinajstić information content (AvgIpc) is 2.32. The van der Waals surface area contributed by atoms with Gasteiger partial charge in [-0.05, 0) is 55.6 Å². The molecule has 2 rings (SSSR count). The number of rotatable bonds is 3. The van der Waals surface area contributed by atoms with Gasteiger partial charge in [-0.25, -0.2) is 4.39 Å². The summed E-state index contributed by atoms with van der Waals surface area (Å²) in [6.45, 7) is 0. The van der Waals surface area contributed by atoms with Crippen molar-refractivity contribution in [3.63, 3.8) is 0 Å². The van der Waals surface area contributed by atoms with E-state index in [1.165, 1.54) is 18.2 Å². The van der Waals surface area contributed by atoms with Gasteiger partial charge in [0.1, 0.15) is 11.5 Å². The summed E-state index contributed by atoms with van der Waals surface area (Å²) < 4.78 is 14.3. The Balaban J connectivity index is 2.25. The number of halogens is 4. The standard InChI is InChI=1S/C13H7Br2ClFNO/c14-8-4-10(15)13(18-6-8)12(19)3-7-1-2-9(17)5-11(7)16/h1-2,4-6H,3H2. The van der Waals surface area contributed by atoms with Gasteiger partial charge in [-0.2, -0.15) is 0 Å². The summed E-state index contributed by atoms with van der Waals surface area (Å²) in [6, 6.07) is 5.71. The van der Waals surface area contributed by atoms with Gasteiger partial charge in [0.05, 0.1) is 0 Å². The van der Waals surface area contributed by atoms with E-state index < -0.39 is 5.82 Å². The number of aromatic nitrogens is 1. The van der Waals surface area contributed by atoms with E-state index in [1.54, 1.807) is 12.3 Å². The molecule has 0 fully saturated rings. The van der Waals surface area contributed by atoms with E-state index in [4.69, 9.17) is 11.6 Å². The Morgan fingerprint density at radius 1 is 1.32 bits per heavy atom. The van der Waals surface area contributed by atoms with Crippen LogP contribution < -0.4 is 0 Å². The SMILES string of the molecule is O=C(Cc1ccc(F)cc1Cl)c1ncc(Br)cc1Br. The number of hydrogen-bond acceptors (Lipinski definition) is 2. The molecule has 1 heterocycles. The van der Waals surface area contributed by atoms with E-state index in [0.717, 1.165) is 4.47 Å². The summed E-state index contributed by atoms with van der Waals surface area (Å²) in [5.74, 6) is -0.614. The highest BCUT2D eigenvalue weighted by Crippen LogP contribution is 2.23. The number of ketones is 1. The van der Waals surface area contributed by atoms with Crippen molar-refractivity contribution in [3.05, 3.63) is 61.5 Å². The Morgan fingerprint density at radius 2 is 2.05 bits per heavy atom. The number of benzene rings is 1. The van der Waals surface area contributed by atoms with Crippen LogP contribution in [0.25, 0.3) is 0 Å². The summed E-state index contributed by atoms with van der Waals surface area (Å²) in [4.78, 5) is 16.2. The largest absolute Gasteiger partial charge is 0.292 e. The van der Waals surface area contributed by atoms with Crippen molar-refractivity contribution in [2.45, 2.75) is 6.42 Å². The zero-order valence-electron chi connectivity index (χ0n) is 9.46. The van der Waals surface area contributed by atoms with Crippen molar-refractivity contribution >= 4 is 49.2 Å². The van der Waals surface area contributed by atoms with Crippen LogP contribution in [-0.4, -0.2) is 10.8 Å². The third-order valence-corrected chi connectivity index (χ3v) is 3.83. The minimum absolute atomic E-state index is 0.0757. The van der Waals surface area contributed by atoms with Crippen molar-refractivity contribution in [3.8, 4) is 0 Å². The van der Waals surface area contributed by atoms with Crippen LogP contribution in [0, 0.1) is 5.82 Å². The fourth-order valence-corrected chi connectivity index (χ4v) is 2.98. The van der Waals surface area contributed by atoms with Gasteiger partial charge in [0.15, 0.2) is 5.78 Å². The van der Waals surface area contributed by atoms with Gasteiger partial charge in [0, 0.05) is 26.6 Å². The molecule has 1 aromatic carbocycles. The molecule has 1 aromatic heterocycles. The monoisotopic (exact) mass is 405 g/mol. The van der Waals surface area contributed by atoms with Crippen LogP contribution in [0.3, 0.4) is 0 Å². The lowest BCUT2D eigenvalue weighted by Gasteiger charge is -2.05. The first-order valence-corrected chi connectivity index (χ1v) is 7.22. The minimum Gasteiger partial charge on any atom is -0.292 e. The number of Topliss-reactive ketones (excluding diaryl/α,β-unsaturated/α-hetero) is 1. The summed E-state index contributed by atoms with van der Waals surface area (Å²) in [7, 11) is 0. The van der Waals surface area contributed by atoms with Crippen molar-refractivity contribution in [1.29, 1.82) is 0 Å². The first kappa shape index (κ1) is 14.6.